The molecule has 1 unspecified atom stereocenters. The van der Waals surface area contributed by atoms with Gasteiger partial charge in [0.05, 0.1) is 0 Å². The van der Waals surface area contributed by atoms with Crippen molar-refractivity contribution in [1.29, 1.82) is 0 Å². The predicted molar refractivity (Wildman–Crippen MR) is 50.9 cm³/mol. The van der Waals surface area contributed by atoms with Crippen LogP contribution in [-0.2, 0) is 4.79 Å². The van der Waals surface area contributed by atoms with Gasteiger partial charge in [-0.2, -0.15) is 0 Å². The number of hydrogen-bond donors (Lipinski definition) is 0. The first kappa shape index (κ1) is 9.24. The zero-order chi connectivity index (χ0) is 8.97. The zero-order valence-corrected chi connectivity index (χ0v) is 7.68. The summed E-state index contributed by atoms with van der Waals surface area (Å²) in [5.74, 6) is 0.228. The van der Waals surface area contributed by atoms with E-state index in [2.05, 4.69) is 12.7 Å². The minimum Gasteiger partial charge on any atom is -0.294 e. The summed E-state index contributed by atoms with van der Waals surface area (Å²) in [5.41, 5.74) is 1.31. The van der Waals surface area contributed by atoms with E-state index in [0.29, 0.717) is 0 Å². The summed E-state index contributed by atoms with van der Waals surface area (Å²) in [6.45, 7) is 5.47. The Kier molecular flexibility index (Phi) is 3.27. The molecule has 0 spiro atoms. The van der Waals surface area contributed by atoms with E-state index < -0.39 is 0 Å². The van der Waals surface area contributed by atoms with Crippen molar-refractivity contribution in [2.24, 2.45) is 5.92 Å². The van der Waals surface area contributed by atoms with Crippen LogP contribution in [0.25, 0.3) is 0 Å². The first-order chi connectivity index (χ1) is 5.75. The maximum atomic E-state index is 11.3. The lowest BCUT2D eigenvalue weighted by atomic mass is 9.88. The van der Waals surface area contributed by atoms with E-state index in [4.69, 9.17) is 0 Å². The average molecular weight is 164 g/mol. The van der Waals surface area contributed by atoms with E-state index in [1.807, 2.05) is 6.92 Å². The van der Waals surface area contributed by atoms with Crippen LogP contribution in [0.5, 0.6) is 0 Å². The van der Waals surface area contributed by atoms with Crippen molar-refractivity contribution >= 4 is 5.78 Å². The van der Waals surface area contributed by atoms with Gasteiger partial charge in [-0.3, -0.25) is 4.79 Å². The largest absolute Gasteiger partial charge is 0.294 e. The Balaban J connectivity index is 2.61. The van der Waals surface area contributed by atoms with E-state index in [0.717, 1.165) is 12.8 Å². The summed E-state index contributed by atoms with van der Waals surface area (Å²) >= 11 is 0. The monoisotopic (exact) mass is 164 g/mol. The van der Waals surface area contributed by atoms with Gasteiger partial charge in [-0.25, -0.2) is 0 Å². The Hall–Kier alpha value is -0.850. The second-order valence-electron chi connectivity index (χ2n) is 3.35. The molecule has 1 aliphatic carbocycles. The highest BCUT2D eigenvalue weighted by atomic mass is 16.1. The fraction of sp³-hybridized carbons (Fsp3) is 0.545. The SMILES string of the molecule is C=CC(=O)C(C)C1=CCCCC1. The first-order valence-electron chi connectivity index (χ1n) is 4.61. The van der Waals surface area contributed by atoms with Gasteiger partial charge >= 0.3 is 0 Å². The van der Waals surface area contributed by atoms with E-state index >= 15 is 0 Å². The van der Waals surface area contributed by atoms with Crippen LogP contribution in [0, 0.1) is 5.92 Å². The number of hydrogen-bond acceptors (Lipinski definition) is 1. The molecule has 0 heterocycles. The molecule has 66 valence electrons. The molecule has 0 amide bonds. The zero-order valence-electron chi connectivity index (χ0n) is 7.68. The molecule has 0 aromatic carbocycles. The number of carbonyl (C=O) groups excluding carboxylic acids is 1. The van der Waals surface area contributed by atoms with Gasteiger partial charge in [-0.05, 0) is 31.8 Å². The summed E-state index contributed by atoms with van der Waals surface area (Å²) in [6.07, 6.45) is 8.40. The van der Waals surface area contributed by atoms with E-state index in [1.54, 1.807) is 0 Å². The summed E-state index contributed by atoms with van der Waals surface area (Å²) < 4.78 is 0. The lowest BCUT2D eigenvalue weighted by Crippen LogP contribution is -2.12. The molecule has 0 fully saturated rings. The molecule has 0 bridgehead atoms. The van der Waals surface area contributed by atoms with Crippen LogP contribution < -0.4 is 0 Å². The maximum Gasteiger partial charge on any atom is 0.161 e. The Labute approximate surface area is 74.2 Å². The summed E-state index contributed by atoms with van der Waals surface area (Å²) in [6, 6.07) is 0. The number of allylic oxidation sites excluding steroid dienone is 3. The fourth-order valence-corrected chi connectivity index (χ4v) is 1.62. The Morgan fingerprint density at radius 1 is 1.67 bits per heavy atom. The average Bonchev–Trinajstić information content (AvgIpc) is 2.17. The van der Waals surface area contributed by atoms with E-state index in [1.165, 1.54) is 24.5 Å². The van der Waals surface area contributed by atoms with Crippen LogP contribution in [0.4, 0.5) is 0 Å². The van der Waals surface area contributed by atoms with Crippen LogP contribution in [0.3, 0.4) is 0 Å². The Morgan fingerprint density at radius 3 is 2.92 bits per heavy atom. The topological polar surface area (TPSA) is 17.1 Å². The first-order valence-corrected chi connectivity index (χ1v) is 4.61. The molecular weight excluding hydrogens is 148 g/mol. The summed E-state index contributed by atoms with van der Waals surface area (Å²) in [7, 11) is 0. The standard InChI is InChI=1S/C11H16O/c1-3-11(12)9(2)10-7-5-4-6-8-10/h3,7,9H,1,4-6,8H2,2H3. The molecule has 0 N–H and O–H groups in total. The Bertz CT molecular complexity index is 213. The number of rotatable bonds is 3. The summed E-state index contributed by atoms with van der Waals surface area (Å²) in [4.78, 5) is 11.3. The maximum absolute atomic E-state index is 11.3. The molecule has 0 aromatic heterocycles. The molecule has 1 aliphatic rings. The van der Waals surface area contributed by atoms with E-state index in [-0.39, 0.29) is 11.7 Å². The molecule has 0 radical (unpaired) electrons. The number of carbonyl (C=O) groups is 1. The molecule has 1 rings (SSSR count). The van der Waals surface area contributed by atoms with Crippen LogP contribution in [-0.4, -0.2) is 5.78 Å². The molecule has 0 aromatic rings. The Morgan fingerprint density at radius 2 is 2.42 bits per heavy atom. The molecule has 0 aliphatic heterocycles. The van der Waals surface area contributed by atoms with Gasteiger partial charge in [0.15, 0.2) is 5.78 Å². The molecular formula is C11H16O. The second-order valence-corrected chi connectivity index (χ2v) is 3.35. The molecule has 1 atom stereocenters. The lowest BCUT2D eigenvalue weighted by molar-refractivity contribution is -0.116. The van der Waals surface area contributed by atoms with Crippen molar-refractivity contribution in [2.45, 2.75) is 32.6 Å². The van der Waals surface area contributed by atoms with E-state index in [9.17, 15) is 4.79 Å². The van der Waals surface area contributed by atoms with Crippen molar-refractivity contribution in [2.75, 3.05) is 0 Å². The van der Waals surface area contributed by atoms with Crippen LogP contribution in [0.2, 0.25) is 0 Å². The van der Waals surface area contributed by atoms with Gasteiger partial charge < -0.3 is 0 Å². The van der Waals surface area contributed by atoms with Gasteiger partial charge in [0.1, 0.15) is 0 Å². The highest BCUT2D eigenvalue weighted by Gasteiger charge is 2.15. The molecule has 0 saturated carbocycles. The predicted octanol–water partition coefficient (Wildman–Crippen LogP) is 2.88. The van der Waals surface area contributed by atoms with Crippen molar-refractivity contribution in [3.8, 4) is 0 Å². The third-order valence-electron chi connectivity index (χ3n) is 2.51. The highest BCUT2D eigenvalue weighted by molar-refractivity contribution is 5.92. The van der Waals surface area contributed by atoms with Crippen molar-refractivity contribution < 1.29 is 4.79 Å². The normalized spacial score (nSPS) is 19.6. The van der Waals surface area contributed by atoms with Crippen molar-refractivity contribution in [1.82, 2.24) is 0 Å². The van der Waals surface area contributed by atoms with Crippen molar-refractivity contribution in [3.05, 3.63) is 24.3 Å². The van der Waals surface area contributed by atoms with Crippen molar-refractivity contribution in [3.63, 3.8) is 0 Å². The van der Waals surface area contributed by atoms with Gasteiger partial charge in [-0.15, -0.1) is 0 Å². The quantitative estimate of drug-likeness (QED) is 0.463. The second kappa shape index (κ2) is 4.24. The molecule has 1 nitrogen and oxygen atoms in total. The van der Waals surface area contributed by atoms with Crippen LogP contribution in [0.15, 0.2) is 24.3 Å². The van der Waals surface area contributed by atoms with Crippen LogP contribution >= 0.6 is 0 Å². The molecule has 12 heavy (non-hydrogen) atoms. The van der Waals surface area contributed by atoms with Gasteiger partial charge in [0.25, 0.3) is 0 Å². The van der Waals surface area contributed by atoms with Gasteiger partial charge in [-0.1, -0.05) is 25.2 Å². The number of ketones is 1. The van der Waals surface area contributed by atoms with Crippen LogP contribution in [0.1, 0.15) is 32.6 Å². The van der Waals surface area contributed by atoms with Gasteiger partial charge in [0, 0.05) is 5.92 Å². The van der Waals surface area contributed by atoms with Gasteiger partial charge in [0.2, 0.25) is 0 Å². The molecule has 1 heteroatoms. The fourth-order valence-electron chi connectivity index (χ4n) is 1.62. The minimum absolute atomic E-state index is 0.0720. The summed E-state index contributed by atoms with van der Waals surface area (Å²) in [5, 5.41) is 0. The highest BCUT2D eigenvalue weighted by Crippen LogP contribution is 2.24. The lowest BCUT2D eigenvalue weighted by Gasteiger charge is -2.16. The third kappa shape index (κ3) is 2.07. The third-order valence-corrected chi connectivity index (χ3v) is 2.51. The smallest absolute Gasteiger partial charge is 0.161 e. The minimum atomic E-state index is 0.0720. The molecule has 0 saturated heterocycles.